The van der Waals surface area contributed by atoms with Crippen LogP contribution in [0.25, 0.3) is 0 Å². The molecule has 0 aromatic heterocycles. The van der Waals surface area contributed by atoms with E-state index in [1.54, 1.807) is 7.05 Å². The van der Waals surface area contributed by atoms with Crippen molar-refractivity contribution in [3.8, 4) is 0 Å². The van der Waals surface area contributed by atoms with Crippen LogP contribution in [0.3, 0.4) is 0 Å². The zero-order chi connectivity index (χ0) is 17.3. The summed E-state index contributed by atoms with van der Waals surface area (Å²) in [5.74, 6) is -0.142. The fourth-order valence-electron chi connectivity index (χ4n) is 3.30. The fourth-order valence-corrected chi connectivity index (χ4v) is 3.62. The molecule has 2 aliphatic rings. The number of likely N-dealkylation sites (N-methyl/N-ethyl adjacent to an activating group) is 1. The number of nitrogens with zero attached hydrogens (tertiary/aromatic N) is 3. The van der Waals surface area contributed by atoms with Gasteiger partial charge < -0.3 is 4.90 Å². The predicted octanol–water partition coefficient (Wildman–Crippen LogP) is 1.91. The second kappa shape index (κ2) is 7.40. The lowest BCUT2D eigenvalue weighted by molar-refractivity contribution is -0.138. The molecule has 2 heterocycles. The fraction of sp³-hybridized carbons (Fsp3) is 0.529. The summed E-state index contributed by atoms with van der Waals surface area (Å²) >= 11 is 12.0. The summed E-state index contributed by atoms with van der Waals surface area (Å²) in [6, 6.07) is 5.48. The molecular weight excluding hydrogens is 349 g/mol. The quantitative estimate of drug-likeness (QED) is 0.760. The second-order valence-electron chi connectivity index (χ2n) is 6.39. The van der Waals surface area contributed by atoms with Crippen molar-refractivity contribution < 1.29 is 9.59 Å². The standard InChI is InChI=1S/C17H21Cl2N3O2/c1-20-16(23)11-15(17(20)24)22-8-6-21(7-9-22)5-4-12-2-3-13(18)14(19)10-12/h2-3,10,15H,4-9,11H2,1H3. The largest absolute Gasteiger partial charge is 0.300 e. The van der Waals surface area contributed by atoms with Gasteiger partial charge in [-0.2, -0.15) is 0 Å². The third-order valence-corrected chi connectivity index (χ3v) is 5.65. The summed E-state index contributed by atoms with van der Waals surface area (Å²) in [6.45, 7) is 4.40. The van der Waals surface area contributed by atoms with Gasteiger partial charge >= 0.3 is 0 Å². The molecule has 0 N–H and O–H groups in total. The minimum absolute atomic E-state index is 0.0655. The van der Waals surface area contributed by atoms with Gasteiger partial charge in [0.15, 0.2) is 0 Å². The number of hydrogen-bond donors (Lipinski definition) is 0. The Morgan fingerprint density at radius 1 is 1.08 bits per heavy atom. The molecule has 2 amide bonds. The lowest BCUT2D eigenvalue weighted by Crippen LogP contribution is -2.52. The van der Waals surface area contributed by atoms with Gasteiger partial charge in [-0.3, -0.25) is 19.4 Å². The van der Waals surface area contributed by atoms with Crippen LogP contribution in [-0.2, 0) is 16.0 Å². The number of amides is 2. The van der Waals surface area contributed by atoms with Crippen LogP contribution in [0.2, 0.25) is 10.0 Å². The number of piperazine rings is 1. The zero-order valence-corrected chi connectivity index (χ0v) is 15.2. The van der Waals surface area contributed by atoms with E-state index in [1.165, 1.54) is 10.5 Å². The maximum Gasteiger partial charge on any atom is 0.246 e. The van der Waals surface area contributed by atoms with Crippen LogP contribution in [0.5, 0.6) is 0 Å². The van der Waals surface area contributed by atoms with Crippen molar-refractivity contribution in [1.82, 2.24) is 14.7 Å². The minimum Gasteiger partial charge on any atom is -0.300 e. The molecule has 0 saturated carbocycles. The van der Waals surface area contributed by atoms with E-state index >= 15 is 0 Å². The number of imide groups is 1. The summed E-state index contributed by atoms with van der Waals surface area (Å²) < 4.78 is 0. The van der Waals surface area contributed by atoms with Crippen molar-refractivity contribution in [2.75, 3.05) is 39.8 Å². The second-order valence-corrected chi connectivity index (χ2v) is 7.20. The highest BCUT2D eigenvalue weighted by molar-refractivity contribution is 6.42. The Morgan fingerprint density at radius 2 is 1.79 bits per heavy atom. The van der Waals surface area contributed by atoms with Crippen LogP contribution in [0.4, 0.5) is 0 Å². The molecule has 5 nitrogen and oxygen atoms in total. The third-order valence-electron chi connectivity index (χ3n) is 4.91. The van der Waals surface area contributed by atoms with Crippen molar-refractivity contribution in [1.29, 1.82) is 0 Å². The van der Waals surface area contributed by atoms with Crippen molar-refractivity contribution in [2.24, 2.45) is 0 Å². The molecule has 130 valence electrons. The molecule has 0 spiro atoms. The third kappa shape index (κ3) is 3.75. The van der Waals surface area contributed by atoms with Crippen LogP contribution in [0, 0.1) is 0 Å². The maximum atomic E-state index is 12.1. The van der Waals surface area contributed by atoms with Gasteiger partial charge in [0.25, 0.3) is 0 Å². The van der Waals surface area contributed by atoms with Gasteiger partial charge in [0.1, 0.15) is 0 Å². The molecular formula is C17H21Cl2N3O2. The van der Waals surface area contributed by atoms with Crippen LogP contribution < -0.4 is 0 Å². The van der Waals surface area contributed by atoms with Gasteiger partial charge in [0, 0.05) is 39.8 Å². The van der Waals surface area contributed by atoms with E-state index in [2.05, 4.69) is 9.80 Å². The monoisotopic (exact) mass is 369 g/mol. The Morgan fingerprint density at radius 3 is 2.38 bits per heavy atom. The van der Waals surface area contributed by atoms with Gasteiger partial charge in [0.05, 0.1) is 22.5 Å². The average Bonchev–Trinajstić information content (AvgIpc) is 2.84. The van der Waals surface area contributed by atoms with Crippen molar-refractivity contribution in [3.05, 3.63) is 33.8 Å². The topological polar surface area (TPSA) is 43.9 Å². The molecule has 0 radical (unpaired) electrons. The number of hydrogen-bond acceptors (Lipinski definition) is 4. The van der Waals surface area contributed by atoms with E-state index in [-0.39, 0.29) is 17.9 Å². The Hall–Kier alpha value is -1.14. The van der Waals surface area contributed by atoms with Gasteiger partial charge in [-0.05, 0) is 24.1 Å². The Kier molecular flexibility index (Phi) is 5.45. The molecule has 1 atom stereocenters. The molecule has 7 heteroatoms. The molecule has 1 aromatic carbocycles. The van der Waals surface area contributed by atoms with E-state index < -0.39 is 0 Å². The van der Waals surface area contributed by atoms with Gasteiger partial charge in [-0.25, -0.2) is 0 Å². The first kappa shape index (κ1) is 17.7. The Balaban J connectivity index is 1.48. The van der Waals surface area contributed by atoms with Gasteiger partial charge in [-0.15, -0.1) is 0 Å². The first-order valence-electron chi connectivity index (χ1n) is 8.16. The normalized spacial score (nSPS) is 23.3. The van der Waals surface area contributed by atoms with E-state index in [1.807, 2.05) is 18.2 Å². The molecule has 2 aliphatic heterocycles. The lowest BCUT2D eigenvalue weighted by atomic mass is 10.1. The van der Waals surface area contributed by atoms with E-state index in [0.29, 0.717) is 16.5 Å². The summed E-state index contributed by atoms with van der Waals surface area (Å²) in [7, 11) is 1.57. The van der Waals surface area contributed by atoms with Crippen LogP contribution in [-0.4, -0.2) is 72.3 Å². The highest BCUT2D eigenvalue weighted by Gasteiger charge is 2.40. The zero-order valence-electron chi connectivity index (χ0n) is 13.7. The first-order chi connectivity index (χ1) is 11.5. The van der Waals surface area contributed by atoms with Crippen molar-refractivity contribution in [2.45, 2.75) is 18.9 Å². The minimum atomic E-state index is -0.264. The first-order valence-corrected chi connectivity index (χ1v) is 8.92. The number of carbonyl (C=O) groups is 2. The number of halogens is 2. The highest BCUT2D eigenvalue weighted by atomic mass is 35.5. The van der Waals surface area contributed by atoms with Crippen molar-refractivity contribution in [3.63, 3.8) is 0 Å². The highest BCUT2D eigenvalue weighted by Crippen LogP contribution is 2.23. The summed E-state index contributed by atoms with van der Waals surface area (Å²) in [5.41, 5.74) is 1.17. The van der Waals surface area contributed by atoms with E-state index in [9.17, 15) is 9.59 Å². The molecule has 2 saturated heterocycles. The smallest absolute Gasteiger partial charge is 0.246 e. The van der Waals surface area contributed by atoms with Crippen molar-refractivity contribution >= 4 is 35.0 Å². The SMILES string of the molecule is CN1C(=O)CC(N2CCN(CCc3ccc(Cl)c(Cl)c3)CC2)C1=O. The molecule has 1 unspecified atom stereocenters. The summed E-state index contributed by atoms with van der Waals surface area (Å²) in [4.78, 5) is 29.5. The summed E-state index contributed by atoms with van der Waals surface area (Å²) in [5, 5.41) is 1.17. The molecule has 3 rings (SSSR count). The maximum absolute atomic E-state index is 12.1. The molecule has 0 bridgehead atoms. The Labute approximate surface area is 152 Å². The number of likely N-dealkylation sites (tertiary alicyclic amines) is 1. The molecule has 1 aromatic rings. The number of rotatable bonds is 4. The number of benzene rings is 1. The van der Waals surface area contributed by atoms with Gasteiger partial charge in [0.2, 0.25) is 11.8 Å². The van der Waals surface area contributed by atoms with E-state index in [0.717, 1.165) is 39.1 Å². The van der Waals surface area contributed by atoms with Gasteiger partial charge in [-0.1, -0.05) is 29.3 Å². The van der Waals surface area contributed by atoms with Crippen LogP contribution in [0.1, 0.15) is 12.0 Å². The van der Waals surface area contributed by atoms with E-state index in [4.69, 9.17) is 23.2 Å². The molecule has 2 fully saturated rings. The Bertz CT molecular complexity index is 645. The van der Waals surface area contributed by atoms with Crippen LogP contribution >= 0.6 is 23.2 Å². The molecule has 24 heavy (non-hydrogen) atoms. The van der Waals surface area contributed by atoms with Crippen LogP contribution in [0.15, 0.2) is 18.2 Å². The summed E-state index contributed by atoms with van der Waals surface area (Å²) in [6.07, 6.45) is 1.24. The lowest BCUT2D eigenvalue weighted by Gasteiger charge is -2.36. The molecule has 0 aliphatic carbocycles. The average molecular weight is 370 g/mol. The predicted molar refractivity (Wildman–Crippen MR) is 94.4 cm³/mol. The number of carbonyl (C=O) groups excluding carboxylic acids is 2.